The van der Waals surface area contributed by atoms with Gasteiger partial charge in [0.05, 0.1) is 0 Å². The maximum atomic E-state index is 12.0. The molecule has 4 nitrogen and oxygen atoms in total. The van der Waals surface area contributed by atoms with Crippen LogP contribution >= 0.6 is 0 Å². The van der Waals surface area contributed by atoms with E-state index in [1.165, 1.54) is 5.56 Å². The fourth-order valence-electron chi connectivity index (χ4n) is 3.90. The number of benzene rings is 1. The predicted molar refractivity (Wildman–Crippen MR) is 98.8 cm³/mol. The fourth-order valence-corrected chi connectivity index (χ4v) is 3.90. The minimum atomic E-state index is 0.152. The van der Waals surface area contributed by atoms with Crippen LogP contribution < -0.4 is 0 Å². The van der Waals surface area contributed by atoms with Crippen molar-refractivity contribution in [1.82, 2.24) is 14.7 Å². The first kappa shape index (κ1) is 17.2. The molecule has 0 aliphatic carbocycles. The molecule has 1 aromatic carbocycles. The van der Waals surface area contributed by atoms with Crippen LogP contribution in [0.1, 0.15) is 24.8 Å². The summed E-state index contributed by atoms with van der Waals surface area (Å²) in [6.07, 6.45) is 7.20. The van der Waals surface area contributed by atoms with E-state index in [-0.39, 0.29) is 5.54 Å². The Morgan fingerprint density at radius 2 is 1.88 bits per heavy atom. The van der Waals surface area contributed by atoms with Crippen molar-refractivity contribution < 1.29 is 4.79 Å². The number of likely N-dealkylation sites (N-methyl/N-ethyl adjacent to an activating group) is 1. The second kappa shape index (κ2) is 7.49. The van der Waals surface area contributed by atoms with E-state index in [2.05, 4.69) is 53.3 Å². The summed E-state index contributed by atoms with van der Waals surface area (Å²) >= 11 is 0. The van der Waals surface area contributed by atoms with E-state index in [1.807, 2.05) is 18.0 Å². The monoisotopic (exact) mass is 327 g/mol. The Labute approximate surface area is 145 Å². The quantitative estimate of drug-likeness (QED) is 0.852. The molecule has 2 aliphatic rings. The van der Waals surface area contributed by atoms with Gasteiger partial charge in [-0.15, -0.1) is 0 Å². The number of amides is 1. The molecule has 2 fully saturated rings. The van der Waals surface area contributed by atoms with Crippen LogP contribution in [0.2, 0.25) is 0 Å². The summed E-state index contributed by atoms with van der Waals surface area (Å²) in [4.78, 5) is 19.0. The molecule has 1 unspecified atom stereocenters. The van der Waals surface area contributed by atoms with Gasteiger partial charge in [0.1, 0.15) is 0 Å². The lowest BCUT2D eigenvalue weighted by atomic mass is 9.86. The molecule has 4 heteroatoms. The average molecular weight is 327 g/mol. The first-order valence-electron chi connectivity index (χ1n) is 8.98. The third-order valence-electron chi connectivity index (χ3n) is 5.70. The highest BCUT2D eigenvalue weighted by atomic mass is 16.2. The highest BCUT2D eigenvalue weighted by Gasteiger charge is 2.41. The van der Waals surface area contributed by atoms with Crippen LogP contribution in [-0.4, -0.2) is 73.0 Å². The summed E-state index contributed by atoms with van der Waals surface area (Å²) < 4.78 is 0. The van der Waals surface area contributed by atoms with Crippen LogP contribution in [-0.2, 0) is 4.79 Å². The van der Waals surface area contributed by atoms with Gasteiger partial charge in [-0.1, -0.05) is 42.5 Å². The summed E-state index contributed by atoms with van der Waals surface area (Å²) in [5, 5.41) is 0. The molecule has 3 rings (SSSR count). The number of hydrogen-bond acceptors (Lipinski definition) is 3. The number of piperazine rings is 1. The minimum absolute atomic E-state index is 0.152. The summed E-state index contributed by atoms with van der Waals surface area (Å²) in [6.45, 7) is 5.09. The lowest BCUT2D eigenvalue weighted by Crippen LogP contribution is -2.61. The lowest BCUT2D eigenvalue weighted by Gasteiger charge is -2.49. The highest BCUT2D eigenvalue weighted by molar-refractivity contribution is 5.76. The molecule has 1 spiro atoms. The maximum Gasteiger partial charge on any atom is 0.222 e. The van der Waals surface area contributed by atoms with Crippen LogP contribution in [0.15, 0.2) is 36.4 Å². The predicted octanol–water partition coefficient (Wildman–Crippen LogP) is 2.33. The van der Waals surface area contributed by atoms with Gasteiger partial charge in [-0.3, -0.25) is 14.6 Å². The van der Waals surface area contributed by atoms with Crippen LogP contribution in [0.4, 0.5) is 0 Å². The molecule has 130 valence electrons. The Morgan fingerprint density at radius 3 is 2.67 bits per heavy atom. The zero-order valence-corrected chi connectivity index (χ0v) is 14.9. The molecule has 0 saturated carbocycles. The molecular formula is C20H29N3O. The van der Waals surface area contributed by atoms with Crippen molar-refractivity contribution in [3.63, 3.8) is 0 Å². The third kappa shape index (κ3) is 3.87. The van der Waals surface area contributed by atoms with E-state index in [0.717, 1.165) is 45.6 Å². The molecule has 0 aromatic heterocycles. The zero-order chi connectivity index (χ0) is 17.0. The average Bonchev–Trinajstić information content (AvgIpc) is 2.74. The van der Waals surface area contributed by atoms with Gasteiger partial charge in [-0.25, -0.2) is 0 Å². The van der Waals surface area contributed by atoms with Gasteiger partial charge in [-0.2, -0.15) is 0 Å². The smallest absolute Gasteiger partial charge is 0.222 e. The SMILES string of the molecule is CN1CCC2(CCC1=O)CN(CC=Cc1ccccc1)CCN2C. The van der Waals surface area contributed by atoms with E-state index in [0.29, 0.717) is 12.3 Å². The highest BCUT2D eigenvalue weighted by Crippen LogP contribution is 2.31. The number of hydrogen-bond donors (Lipinski definition) is 0. The van der Waals surface area contributed by atoms with Crippen molar-refractivity contribution in [3.05, 3.63) is 42.0 Å². The number of rotatable bonds is 3. The van der Waals surface area contributed by atoms with Gasteiger partial charge >= 0.3 is 0 Å². The molecular weight excluding hydrogens is 298 g/mol. The second-order valence-corrected chi connectivity index (χ2v) is 7.26. The molecule has 1 amide bonds. The van der Waals surface area contributed by atoms with Crippen molar-refractivity contribution in [3.8, 4) is 0 Å². The largest absolute Gasteiger partial charge is 0.346 e. The Bertz CT molecular complexity index is 586. The van der Waals surface area contributed by atoms with Crippen LogP contribution in [0, 0.1) is 0 Å². The number of likely N-dealkylation sites (tertiary alicyclic amines) is 1. The molecule has 1 atom stereocenters. The molecule has 0 N–H and O–H groups in total. The Morgan fingerprint density at radius 1 is 1.08 bits per heavy atom. The second-order valence-electron chi connectivity index (χ2n) is 7.26. The van der Waals surface area contributed by atoms with Gasteiger partial charge in [0.2, 0.25) is 5.91 Å². The summed E-state index contributed by atoms with van der Waals surface area (Å²) in [7, 11) is 4.16. The first-order valence-corrected chi connectivity index (χ1v) is 8.98. The van der Waals surface area contributed by atoms with Crippen LogP contribution in [0.5, 0.6) is 0 Å². The molecule has 2 saturated heterocycles. The van der Waals surface area contributed by atoms with Crippen molar-refractivity contribution in [2.75, 3.05) is 46.8 Å². The summed E-state index contributed by atoms with van der Waals surface area (Å²) in [5.74, 6) is 0.293. The molecule has 0 radical (unpaired) electrons. The van der Waals surface area contributed by atoms with Crippen molar-refractivity contribution in [1.29, 1.82) is 0 Å². The Kier molecular flexibility index (Phi) is 5.36. The molecule has 0 bridgehead atoms. The lowest BCUT2D eigenvalue weighted by molar-refractivity contribution is -0.129. The van der Waals surface area contributed by atoms with Gasteiger partial charge in [0.25, 0.3) is 0 Å². The van der Waals surface area contributed by atoms with E-state index in [1.54, 1.807) is 0 Å². The normalized spacial score (nSPS) is 27.1. The van der Waals surface area contributed by atoms with E-state index in [9.17, 15) is 4.79 Å². The Hall–Kier alpha value is -1.65. The zero-order valence-electron chi connectivity index (χ0n) is 14.9. The van der Waals surface area contributed by atoms with Crippen molar-refractivity contribution in [2.24, 2.45) is 0 Å². The fraction of sp³-hybridized carbons (Fsp3) is 0.550. The van der Waals surface area contributed by atoms with Crippen LogP contribution in [0.3, 0.4) is 0 Å². The standard InChI is InChI=1S/C20H29N3O/c1-21-14-12-20(11-10-19(21)24)17-23(16-15-22(20)2)13-6-9-18-7-4-3-5-8-18/h3-9H,10-17H2,1-2H3. The number of carbonyl (C=O) groups excluding carboxylic acids is 1. The summed E-state index contributed by atoms with van der Waals surface area (Å²) in [5.41, 5.74) is 1.40. The third-order valence-corrected chi connectivity index (χ3v) is 5.70. The van der Waals surface area contributed by atoms with Crippen molar-refractivity contribution >= 4 is 12.0 Å². The molecule has 24 heavy (non-hydrogen) atoms. The van der Waals surface area contributed by atoms with Gasteiger partial charge in [0, 0.05) is 51.7 Å². The summed E-state index contributed by atoms with van der Waals surface area (Å²) in [6, 6.07) is 10.5. The van der Waals surface area contributed by atoms with Crippen LogP contribution in [0.25, 0.3) is 6.08 Å². The van der Waals surface area contributed by atoms with E-state index < -0.39 is 0 Å². The maximum absolute atomic E-state index is 12.0. The molecule has 1 aromatic rings. The van der Waals surface area contributed by atoms with E-state index >= 15 is 0 Å². The van der Waals surface area contributed by atoms with Gasteiger partial charge in [0.15, 0.2) is 0 Å². The van der Waals surface area contributed by atoms with Gasteiger partial charge < -0.3 is 4.90 Å². The minimum Gasteiger partial charge on any atom is -0.346 e. The number of carbonyl (C=O) groups is 1. The van der Waals surface area contributed by atoms with Gasteiger partial charge in [-0.05, 0) is 25.5 Å². The topological polar surface area (TPSA) is 26.8 Å². The van der Waals surface area contributed by atoms with Crippen molar-refractivity contribution in [2.45, 2.75) is 24.8 Å². The number of nitrogens with zero attached hydrogens (tertiary/aromatic N) is 3. The first-order chi connectivity index (χ1) is 11.6. The molecule has 2 heterocycles. The van der Waals surface area contributed by atoms with E-state index in [4.69, 9.17) is 0 Å². The Balaban J connectivity index is 1.63. The molecule has 2 aliphatic heterocycles.